The predicted octanol–water partition coefficient (Wildman–Crippen LogP) is 7.55. The standard InChI is InChI=1S/C28H34NO6P.CO2/c1-4-22(2)17-23(3)18-26-15-16-28(27(19-26)29(30)31)35-36(32,33-20-24-11-7-5-8-12-24)34-21-25-13-9-6-10-14-25;2-1-3/h5-16,19,22-23H,4,17-18,20-21H2,1-3H3;/t22?,23-;/m1./s1. The molecule has 0 spiro atoms. The second-order valence-corrected chi connectivity index (χ2v) is 10.9. The van der Waals surface area contributed by atoms with E-state index in [4.69, 9.17) is 23.2 Å². The van der Waals surface area contributed by atoms with Crippen molar-refractivity contribution in [3.05, 3.63) is 106 Å². The fourth-order valence-electron chi connectivity index (χ4n) is 3.92. The van der Waals surface area contributed by atoms with Crippen molar-refractivity contribution in [3.63, 3.8) is 0 Å². The summed E-state index contributed by atoms with van der Waals surface area (Å²) in [6.07, 6.45) is 3.09. The summed E-state index contributed by atoms with van der Waals surface area (Å²) in [5, 5.41) is 11.9. The van der Waals surface area contributed by atoms with Crippen LogP contribution in [0.2, 0.25) is 0 Å². The summed E-state index contributed by atoms with van der Waals surface area (Å²) in [5.41, 5.74) is 2.10. The van der Waals surface area contributed by atoms with Gasteiger partial charge in [0.05, 0.1) is 18.1 Å². The molecule has 0 N–H and O–H groups in total. The van der Waals surface area contributed by atoms with E-state index in [0.717, 1.165) is 29.5 Å². The molecule has 0 radical (unpaired) electrons. The molecule has 0 aromatic heterocycles. The molecule has 0 saturated carbocycles. The molecule has 0 amide bonds. The van der Waals surface area contributed by atoms with E-state index in [9.17, 15) is 14.7 Å². The largest absolute Gasteiger partial charge is 0.530 e. The van der Waals surface area contributed by atoms with Gasteiger partial charge in [-0.05, 0) is 47.4 Å². The fraction of sp³-hybridized carbons (Fsp3) is 0.345. The second-order valence-electron chi connectivity index (χ2n) is 9.26. The van der Waals surface area contributed by atoms with Crippen LogP contribution in [0.25, 0.3) is 0 Å². The Hall–Kier alpha value is -3.61. The lowest BCUT2D eigenvalue weighted by Crippen LogP contribution is -2.07. The first kappa shape index (κ1) is 31.6. The number of rotatable bonds is 14. The topological polar surface area (TPSA) is 122 Å². The highest BCUT2D eigenvalue weighted by atomic mass is 31.2. The molecule has 0 bridgehead atoms. The van der Waals surface area contributed by atoms with E-state index in [1.165, 1.54) is 12.1 Å². The Kier molecular flexibility index (Phi) is 13.3. The monoisotopic (exact) mass is 555 g/mol. The van der Waals surface area contributed by atoms with Crippen molar-refractivity contribution in [2.45, 2.75) is 53.2 Å². The number of phosphoric acid groups is 1. The first-order valence-electron chi connectivity index (χ1n) is 12.6. The lowest BCUT2D eigenvalue weighted by atomic mass is 9.90. The van der Waals surface area contributed by atoms with Crippen molar-refractivity contribution in [3.8, 4) is 5.75 Å². The van der Waals surface area contributed by atoms with Crippen molar-refractivity contribution >= 4 is 19.7 Å². The third kappa shape index (κ3) is 11.3. The summed E-state index contributed by atoms with van der Waals surface area (Å²) < 4.78 is 30.5. The van der Waals surface area contributed by atoms with Crippen LogP contribution in [0.15, 0.2) is 78.9 Å². The van der Waals surface area contributed by atoms with Crippen LogP contribution in [0.3, 0.4) is 0 Å². The van der Waals surface area contributed by atoms with Gasteiger partial charge in [-0.2, -0.15) is 9.59 Å². The molecule has 39 heavy (non-hydrogen) atoms. The average molecular weight is 556 g/mol. The number of hydrogen-bond donors (Lipinski definition) is 0. The number of hydrogen-bond acceptors (Lipinski definition) is 8. The highest BCUT2D eigenvalue weighted by Gasteiger charge is 2.32. The minimum absolute atomic E-state index is 0.0358. The van der Waals surface area contributed by atoms with Gasteiger partial charge in [0.25, 0.3) is 0 Å². The van der Waals surface area contributed by atoms with Crippen molar-refractivity contribution in [1.29, 1.82) is 0 Å². The highest BCUT2D eigenvalue weighted by molar-refractivity contribution is 7.48. The van der Waals surface area contributed by atoms with Gasteiger partial charge in [0.2, 0.25) is 5.75 Å². The van der Waals surface area contributed by atoms with Crippen LogP contribution < -0.4 is 4.52 Å². The number of nitro benzene ring substituents is 1. The summed E-state index contributed by atoms with van der Waals surface area (Å²) in [4.78, 5) is 27.6. The zero-order chi connectivity index (χ0) is 28.7. The molecule has 9 nitrogen and oxygen atoms in total. The van der Waals surface area contributed by atoms with E-state index in [2.05, 4.69) is 20.8 Å². The molecule has 3 rings (SSSR count). The lowest BCUT2D eigenvalue weighted by molar-refractivity contribution is -0.385. The summed E-state index contributed by atoms with van der Waals surface area (Å²) >= 11 is 0. The smallest absolute Gasteiger partial charge is 0.397 e. The van der Waals surface area contributed by atoms with Gasteiger partial charge in [0, 0.05) is 6.07 Å². The second kappa shape index (κ2) is 16.4. The first-order chi connectivity index (χ1) is 18.7. The Morgan fingerprint density at radius 1 is 0.846 bits per heavy atom. The molecule has 0 aliphatic rings. The third-order valence-corrected chi connectivity index (χ3v) is 7.29. The van der Waals surface area contributed by atoms with Gasteiger partial charge in [0.1, 0.15) is 0 Å². The Morgan fingerprint density at radius 3 is 1.82 bits per heavy atom. The fourth-order valence-corrected chi connectivity index (χ4v) is 5.10. The zero-order valence-electron chi connectivity index (χ0n) is 22.4. The van der Waals surface area contributed by atoms with Gasteiger partial charge in [0.15, 0.2) is 0 Å². The van der Waals surface area contributed by atoms with Gasteiger partial charge in [-0.1, -0.05) is 93.9 Å². The number of nitro groups is 1. The maximum atomic E-state index is 13.6. The molecule has 0 saturated heterocycles. The van der Waals surface area contributed by atoms with E-state index in [-0.39, 0.29) is 30.8 Å². The van der Waals surface area contributed by atoms with Gasteiger partial charge >= 0.3 is 19.7 Å². The molecular weight excluding hydrogens is 521 g/mol. The van der Waals surface area contributed by atoms with Crippen LogP contribution in [0, 0.1) is 22.0 Å². The maximum absolute atomic E-state index is 13.6. The summed E-state index contributed by atoms with van der Waals surface area (Å²) in [6, 6.07) is 23.1. The van der Waals surface area contributed by atoms with Crippen molar-refractivity contribution in [2.75, 3.05) is 0 Å². The van der Waals surface area contributed by atoms with Crippen LogP contribution in [0.4, 0.5) is 5.69 Å². The third-order valence-electron chi connectivity index (χ3n) is 5.98. The molecule has 208 valence electrons. The van der Waals surface area contributed by atoms with Gasteiger partial charge < -0.3 is 4.52 Å². The average Bonchev–Trinajstić information content (AvgIpc) is 2.93. The number of nitrogens with zero attached hydrogens (tertiary/aromatic N) is 1. The van der Waals surface area contributed by atoms with E-state index < -0.39 is 12.7 Å². The van der Waals surface area contributed by atoms with E-state index in [1.54, 1.807) is 6.07 Å². The van der Waals surface area contributed by atoms with Crippen LogP contribution in [-0.2, 0) is 42.8 Å². The number of carbonyl (C=O) groups excluding carboxylic acids is 2. The molecule has 3 aromatic rings. The Bertz CT molecular complexity index is 1200. The molecule has 3 aromatic carbocycles. The predicted molar refractivity (Wildman–Crippen MR) is 146 cm³/mol. The summed E-state index contributed by atoms with van der Waals surface area (Å²) in [6.45, 7) is 6.44. The van der Waals surface area contributed by atoms with Crippen molar-refractivity contribution < 1.29 is 32.6 Å². The van der Waals surface area contributed by atoms with E-state index in [0.29, 0.717) is 18.3 Å². The molecule has 10 heteroatoms. The van der Waals surface area contributed by atoms with Crippen LogP contribution >= 0.6 is 7.82 Å². The first-order valence-corrected chi connectivity index (χ1v) is 14.1. The number of phosphoric ester groups is 1. The van der Waals surface area contributed by atoms with Gasteiger partial charge in [-0.15, -0.1) is 0 Å². The Balaban J connectivity index is 0.00000170. The molecule has 2 atom stereocenters. The summed E-state index contributed by atoms with van der Waals surface area (Å²) in [5.74, 6) is 0.815. The molecule has 1 unspecified atom stereocenters. The minimum Gasteiger partial charge on any atom is -0.397 e. The molecular formula is C29H34NO8P. The lowest BCUT2D eigenvalue weighted by Gasteiger charge is -2.19. The molecule has 0 aliphatic heterocycles. The molecule has 0 fully saturated rings. The minimum atomic E-state index is -4.21. The molecule has 0 heterocycles. The molecule has 0 aliphatic carbocycles. The number of benzene rings is 3. The van der Waals surface area contributed by atoms with Crippen LogP contribution in [-0.4, -0.2) is 11.1 Å². The Labute approximate surface area is 228 Å². The highest BCUT2D eigenvalue weighted by Crippen LogP contribution is 2.52. The normalized spacial score (nSPS) is 12.4. The van der Waals surface area contributed by atoms with Crippen molar-refractivity contribution in [2.24, 2.45) is 11.8 Å². The van der Waals surface area contributed by atoms with E-state index in [1.807, 2.05) is 60.7 Å². The SMILES string of the molecule is CCC(C)C[C@@H](C)Cc1ccc(OP(=O)(OCc2ccccc2)OCc2ccccc2)c([N+](=O)[O-])c1.O=C=O. The Morgan fingerprint density at radius 2 is 1.36 bits per heavy atom. The van der Waals surface area contributed by atoms with Crippen LogP contribution in [0.5, 0.6) is 5.75 Å². The van der Waals surface area contributed by atoms with E-state index >= 15 is 0 Å². The van der Waals surface area contributed by atoms with Gasteiger partial charge in [-0.25, -0.2) is 4.57 Å². The van der Waals surface area contributed by atoms with Gasteiger partial charge in [-0.3, -0.25) is 19.2 Å². The van der Waals surface area contributed by atoms with Crippen molar-refractivity contribution in [1.82, 2.24) is 0 Å². The quantitative estimate of drug-likeness (QED) is 0.114. The summed E-state index contributed by atoms with van der Waals surface area (Å²) in [7, 11) is -4.21. The zero-order valence-corrected chi connectivity index (χ0v) is 23.3. The maximum Gasteiger partial charge on any atom is 0.530 e. The van der Waals surface area contributed by atoms with Crippen LogP contribution in [0.1, 0.15) is 50.3 Å².